The van der Waals surface area contributed by atoms with Crippen molar-refractivity contribution in [1.29, 1.82) is 0 Å². The second kappa shape index (κ2) is 9.99. The second-order valence-corrected chi connectivity index (χ2v) is 9.91. The van der Waals surface area contributed by atoms with E-state index < -0.39 is 19.9 Å². The van der Waals surface area contributed by atoms with Crippen molar-refractivity contribution in [2.45, 2.75) is 25.8 Å². The Morgan fingerprint density at radius 2 is 2.04 bits per heavy atom. The van der Waals surface area contributed by atoms with Gasteiger partial charge < -0.3 is 10.6 Å². The summed E-state index contributed by atoms with van der Waals surface area (Å²) < 4.78 is 47.3. The van der Waals surface area contributed by atoms with Crippen LogP contribution in [0.25, 0.3) is 0 Å². The van der Waals surface area contributed by atoms with Crippen LogP contribution in [0.4, 0.5) is 0 Å². The molecule has 0 aliphatic carbocycles. The number of sulfonamides is 1. The van der Waals surface area contributed by atoms with E-state index >= 15 is 0 Å². The summed E-state index contributed by atoms with van der Waals surface area (Å²) >= 11 is 0. The van der Waals surface area contributed by atoms with E-state index in [9.17, 15) is 16.8 Å². The van der Waals surface area contributed by atoms with E-state index in [0.29, 0.717) is 31.9 Å². The molecular weight excluding hydrogens is 455 g/mol. The van der Waals surface area contributed by atoms with Crippen molar-refractivity contribution < 1.29 is 16.8 Å². The topological polar surface area (TPSA) is 108 Å². The van der Waals surface area contributed by atoms with Crippen LogP contribution in [-0.2, 0) is 19.9 Å². The van der Waals surface area contributed by atoms with E-state index in [1.54, 1.807) is 21.0 Å². The van der Waals surface area contributed by atoms with Crippen molar-refractivity contribution in [1.82, 2.24) is 14.9 Å². The third-order valence-corrected chi connectivity index (χ3v) is 7.21. The number of guanidine groups is 1. The zero-order valence-electron chi connectivity index (χ0n) is 13.8. The maximum absolute atomic E-state index is 11.6. The first-order valence-corrected chi connectivity index (χ1v) is 10.7. The van der Waals surface area contributed by atoms with Crippen LogP contribution < -0.4 is 10.6 Å². The largest absolute Gasteiger partial charge is 0.356 e. The number of halogens is 1. The molecule has 0 amide bonds. The first-order chi connectivity index (χ1) is 10.2. The van der Waals surface area contributed by atoms with Gasteiger partial charge in [-0.1, -0.05) is 0 Å². The predicted octanol–water partition coefficient (Wildman–Crippen LogP) is -0.372. The molecule has 1 unspecified atom stereocenters. The quantitative estimate of drug-likeness (QED) is 0.222. The van der Waals surface area contributed by atoms with Gasteiger partial charge in [0.15, 0.2) is 15.8 Å². The van der Waals surface area contributed by atoms with Gasteiger partial charge in [0.05, 0.1) is 17.3 Å². The predicted molar refractivity (Wildman–Crippen MR) is 104 cm³/mol. The minimum atomic E-state index is -3.14. The molecule has 0 aromatic heterocycles. The van der Waals surface area contributed by atoms with Gasteiger partial charge in [-0.3, -0.25) is 4.99 Å². The number of hydrogen-bond donors (Lipinski definition) is 2. The Labute approximate surface area is 156 Å². The van der Waals surface area contributed by atoms with Crippen molar-refractivity contribution in [2.24, 2.45) is 4.99 Å². The van der Waals surface area contributed by atoms with Gasteiger partial charge in [0.25, 0.3) is 0 Å². The molecule has 11 heteroatoms. The number of nitrogens with zero attached hydrogens (tertiary/aromatic N) is 2. The standard InChI is InChI=1S/C12H26N4O4S2.HI/c1-4-22(19,20)16(3)8-5-7-14-12(13-2)15-11-6-9-21(17,18)10-11;/h11H,4-10H2,1-3H3,(H2,13,14,15);1H. The molecule has 1 atom stereocenters. The third-order valence-electron chi connectivity index (χ3n) is 3.58. The molecule has 138 valence electrons. The van der Waals surface area contributed by atoms with Crippen molar-refractivity contribution >= 4 is 49.8 Å². The summed E-state index contributed by atoms with van der Waals surface area (Å²) in [6, 6.07) is -0.112. The van der Waals surface area contributed by atoms with Crippen molar-refractivity contribution in [3.63, 3.8) is 0 Å². The van der Waals surface area contributed by atoms with E-state index in [0.717, 1.165) is 0 Å². The molecule has 0 spiro atoms. The number of aliphatic imine (C=N–C) groups is 1. The summed E-state index contributed by atoms with van der Waals surface area (Å²) in [7, 11) is -2.88. The third kappa shape index (κ3) is 7.98. The summed E-state index contributed by atoms with van der Waals surface area (Å²) in [5, 5.41) is 6.15. The van der Waals surface area contributed by atoms with Gasteiger partial charge in [-0.05, 0) is 19.8 Å². The molecule has 1 aliphatic heterocycles. The molecule has 0 bridgehead atoms. The average molecular weight is 482 g/mol. The van der Waals surface area contributed by atoms with E-state index in [1.165, 1.54) is 4.31 Å². The van der Waals surface area contributed by atoms with Crippen LogP contribution in [0.1, 0.15) is 19.8 Å². The average Bonchev–Trinajstić information content (AvgIpc) is 2.80. The Kier molecular flexibility index (Phi) is 9.93. The maximum Gasteiger partial charge on any atom is 0.213 e. The van der Waals surface area contributed by atoms with E-state index in [2.05, 4.69) is 15.6 Å². The number of nitrogens with one attached hydrogen (secondary N) is 2. The lowest BCUT2D eigenvalue weighted by atomic mass is 10.3. The molecule has 2 N–H and O–H groups in total. The molecule has 1 heterocycles. The van der Waals surface area contributed by atoms with Crippen molar-refractivity contribution in [2.75, 3.05) is 44.4 Å². The van der Waals surface area contributed by atoms with Crippen molar-refractivity contribution in [3.05, 3.63) is 0 Å². The van der Waals surface area contributed by atoms with E-state index in [1.807, 2.05) is 0 Å². The van der Waals surface area contributed by atoms with E-state index in [-0.39, 0.29) is 47.3 Å². The summed E-state index contributed by atoms with van der Waals surface area (Å²) in [5.74, 6) is 0.978. The lowest BCUT2D eigenvalue weighted by Crippen LogP contribution is -2.44. The Morgan fingerprint density at radius 3 is 2.52 bits per heavy atom. The fourth-order valence-corrected chi connectivity index (χ4v) is 4.69. The first kappa shape index (κ1) is 22.9. The molecule has 0 aromatic carbocycles. The maximum atomic E-state index is 11.6. The highest BCUT2D eigenvalue weighted by Crippen LogP contribution is 2.10. The lowest BCUT2D eigenvalue weighted by molar-refractivity contribution is 0.461. The summed E-state index contributed by atoms with van der Waals surface area (Å²) in [6.45, 7) is 2.60. The smallest absolute Gasteiger partial charge is 0.213 e. The minimum Gasteiger partial charge on any atom is -0.356 e. The lowest BCUT2D eigenvalue weighted by Gasteiger charge is -2.18. The highest BCUT2D eigenvalue weighted by molar-refractivity contribution is 14.0. The summed E-state index contributed by atoms with van der Waals surface area (Å²) in [4.78, 5) is 4.05. The summed E-state index contributed by atoms with van der Waals surface area (Å²) in [5.41, 5.74) is 0. The van der Waals surface area contributed by atoms with Gasteiger partial charge in [0.1, 0.15) is 0 Å². The van der Waals surface area contributed by atoms with Gasteiger partial charge in [-0.25, -0.2) is 21.1 Å². The Bertz CT molecular complexity index is 592. The van der Waals surface area contributed by atoms with Crippen LogP contribution in [-0.4, -0.2) is 77.6 Å². The minimum absolute atomic E-state index is 0. The van der Waals surface area contributed by atoms with Crippen LogP contribution in [0.5, 0.6) is 0 Å². The molecular formula is C12H27IN4O4S2. The highest BCUT2D eigenvalue weighted by Gasteiger charge is 2.28. The Hall–Kier alpha value is -0.140. The van der Waals surface area contributed by atoms with Gasteiger partial charge >= 0.3 is 0 Å². The molecule has 23 heavy (non-hydrogen) atoms. The van der Waals surface area contributed by atoms with Crippen molar-refractivity contribution in [3.8, 4) is 0 Å². The molecule has 0 radical (unpaired) electrons. The fourth-order valence-electron chi connectivity index (χ4n) is 2.16. The van der Waals surface area contributed by atoms with Crippen LogP contribution in [0.2, 0.25) is 0 Å². The summed E-state index contributed by atoms with van der Waals surface area (Å²) in [6.07, 6.45) is 1.22. The molecule has 1 saturated heterocycles. The van der Waals surface area contributed by atoms with Gasteiger partial charge in [-0.2, -0.15) is 0 Å². The number of sulfone groups is 1. The number of rotatable bonds is 7. The number of hydrogen-bond acceptors (Lipinski definition) is 5. The monoisotopic (exact) mass is 482 g/mol. The second-order valence-electron chi connectivity index (χ2n) is 5.32. The molecule has 0 saturated carbocycles. The SMILES string of the molecule is CCS(=O)(=O)N(C)CCCNC(=NC)NC1CCS(=O)(=O)C1.I. The molecule has 8 nitrogen and oxygen atoms in total. The first-order valence-electron chi connectivity index (χ1n) is 7.32. The van der Waals surface area contributed by atoms with Gasteiger partial charge in [0.2, 0.25) is 10.0 Å². The van der Waals surface area contributed by atoms with Gasteiger partial charge in [0, 0.05) is 33.2 Å². The molecule has 0 aromatic rings. The van der Waals surface area contributed by atoms with Crippen LogP contribution >= 0.6 is 24.0 Å². The molecule has 1 fully saturated rings. The highest BCUT2D eigenvalue weighted by atomic mass is 127. The van der Waals surface area contributed by atoms with E-state index in [4.69, 9.17) is 0 Å². The Morgan fingerprint density at radius 1 is 1.39 bits per heavy atom. The van der Waals surface area contributed by atoms with Crippen LogP contribution in [0, 0.1) is 0 Å². The normalized spacial score (nSPS) is 21.0. The Balaban J connectivity index is 0.00000484. The van der Waals surface area contributed by atoms with Crippen LogP contribution in [0.3, 0.4) is 0 Å². The fraction of sp³-hybridized carbons (Fsp3) is 0.917. The van der Waals surface area contributed by atoms with Gasteiger partial charge in [-0.15, -0.1) is 24.0 Å². The molecule has 1 aliphatic rings. The zero-order chi connectivity index (χ0) is 16.8. The van der Waals surface area contributed by atoms with Crippen LogP contribution in [0.15, 0.2) is 4.99 Å². The molecule has 1 rings (SSSR count). The zero-order valence-corrected chi connectivity index (χ0v) is 17.7.